The summed E-state index contributed by atoms with van der Waals surface area (Å²) in [5, 5.41) is 0.0997. The van der Waals surface area contributed by atoms with Crippen molar-refractivity contribution < 1.29 is 41.5 Å². The van der Waals surface area contributed by atoms with Crippen LogP contribution in [0.4, 0.5) is 4.39 Å². The number of ether oxygens (including phenoxy) is 2. The summed E-state index contributed by atoms with van der Waals surface area (Å²) in [7, 11) is -3.88. The third kappa shape index (κ3) is 8.16. The number of hydrogen-bond donors (Lipinski definition) is 1. The first kappa shape index (κ1) is 39.7. The molecule has 2 amide bonds. The zero-order valence-electron chi connectivity index (χ0n) is 32.5. The molecule has 4 aliphatic carbocycles. The molecule has 7 atom stereocenters. The molecule has 3 heterocycles. The van der Waals surface area contributed by atoms with E-state index in [1.165, 1.54) is 27.7 Å². The second kappa shape index (κ2) is 15.9. The number of nitrogens with zero attached hydrogens (tertiary/aromatic N) is 2. The molecule has 1 aromatic heterocycles. The second-order valence-electron chi connectivity index (χ2n) is 17.6. The van der Waals surface area contributed by atoms with Gasteiger partial charge in [0.05, 0.1) is 41.0 Å². The second-order valence-corrected chi connectivity index (χ2v) is 19.6. The fraction of sp³-hybridized carbons (Fsp3) is 0.651. The highest BCUT2D eigenvalue weighted by Gasteiger charge is 2.61. The average Bonchev–Trinajstić information content (AvgIpc) is 3.97. The number of fused-ring (bicyclic) bond motifs is 5. The minimum atomic E-state index is -3.88. The molecule has 2 aromatic rings. The highest BCUT2D eigenvalue weighted by molar-refractivity contribution is 7.90. The maximum Gasteiger partial charge on any atom is 0.306 e. The van der Waals surface area contributed by atoms with Crippen LogP contribution in [-0.4, -0.2) is 71.5 Å². The summed E-state index contributed by atoms with van der Waals surface area (Å²) < 4.78 is 56.5. The maximum atomic E-state index is 14.9. The van der Waals surface area contributed by atoms with Gasteiger partial charge in [-0.2, -0.15) is 0 Å². The number of ketones is 1. The Morgan fingerprint density at radius 3 is 2.40 bits per heavy atom. The van der Waals surface area contributed by atoms with Crippen LogP contribution in [0.25, 0.3) is 10.8 Å². The van der Waals surface area contributed by atoms with E-state index in [0.717, 1.165) is 64.2 Å². The van der Waals surface area contributed by atoms with Gasteiger partial charge in [-0.25, -0.2) is 12.8 Å². The molecule has 57 heavy (non-hydrogen) atoms. The number of Topliss-reactive ketones (excluding diaryl/α,β-unsaturated/α-hetero) is 1. The predicted octanol–water partition coefficient (Wildman–Crippen LogP) is 5.73. The van der Waals surface area contributed by atoms with Crippen molar-refractivity contribution in [2.75, 3.05) is 6.54 Å². The Hall–Kier alpha value is -4.07. The molecule has 0 spiro atoms. The minimum absolute atomic E-state index is 0.00596. The molecule has 2 bridgehead atoms. The van der Waals surface area contributed by atoms with E-state index in [9.17, 15) is 36.8 Å². The quantitative estimate of drug-likeness (QED) is 0.260. The lowest BCUT2D eigenvalue weighted by Gasteiger charge is -2.31. The number of aromatic nitrogens is 1. The first-order valence-corrected chi connectivity index (χ1v) is 22.6. The van der Waals surface area contributed by atoms with E-state index in [0.29, 0.717) is 31.2 Å². The smallest absolute Gasteiger partial charge is 0.306 e. The van der Waals surface area contributed by atoms with Crippen molar-refractivity contribution in [2.45, 2.75) is 139 Å². The SMILES string of the molecule is C=C[C@H]1C[C@]1(CC(=O)[C@@H]1C[C@@H]2CN1C(=O)[C@H](C1CCCC1)CC(=O)O[C@@H]1CCC[C@H]1CCCCCn1c(cc3ccc(F)cc3c1=O)O2)C(=O)NS(=O)(=O)C1CC1. The summed E-state index contributed by atoms with van der Waals surface area (Å²) in [6, 6.07) is 4.71. The number of pyridine rings is 1. The molecule has 5 fully saturated rings. The van der Waals surface area contributed by atoms with Gasteiger partial charge in [0.1, 0.15) is 18.0 Å². The van der Waals surface area contributed by atoms with Gasteiger partial charge in [-0.15, -0.1) is 6.58 Å². The molecule has 1 saturated heterocycles. The van der Waals surface area contributed by atoms with Gasteiger partial charge in [0.15, 0.2) is 11.7 Å². The molecular formula is C43H54FN3O9S. The third-order valence-electron chi connectivity index (χ3n) is 13.8. The molecule has 14 heteroatoms. The van der Waals surface area contributed by atoms with Crippen LogP contribution in [0, 0.1) is 34.9 Å². The Bertz CT molecular complexity index is 2110. The van der Waals surface area contributed by atoms with Crippen molar-refractivity contribution in [3.05, 3.63) is 53.1 Å². The monoisotopic (exact) mass is 807 g/mol. The van der Waals surface area contributed by atoms with Crippen molar-refractivity contribution in [1.82, 2.24) is 14.2 Å². The van der Waals surface area contributed by atoms with E-state index >= 15 is 0 Å². The molecule has 0 radical (unpaired) electrons. The number of sulfonamides is 1. The maximum absolute atomic E-state index is 14.9. The summed E-state index contributed by atoms with van der Waals surface area (Å²) in [6.45, 7) is 4.15. The fourth-order valence-electron chi connectivity index (χ4n) is 10.3. The van der Waals surface area contributed by atoms with Crippen LogP contribution >= 0.6 is 0 Å². The highest BCUT2D eigenvalue weighted by atomic mass is 32.2. The summed E-state index contributed by atoms with van der Waals surface area (Å²) in [6.07, 6.45) is 10.8. The lowest BCUT2D eigenvalue weighted by molar-refractivity contribution is -0.156. The summed E-state index contributed by atoms with van der Waals surface area (Å²) >= 11 is 0. The Labute approximate surface area is 332 Å². The number of benzene rings is 1. The van der Waals surface area contributed by atoms with Crippen molar-refractivity contribution in [2.24, 2.45) is 29.1 Å². The Balaban J connectivity index is 1.14. The zero-order valence-corrected chi connectivity index (χ0v) is 33.3. The number of carbonyl (C=O) groups is 4. The van der Waals surface area contributed by atoms with Crippen LogP contribution in [-0.2, 0) is 40.5 Å². The standard InChI is InChI=1S/C43H54FN3O9S/c1-2-29-23-43(29,42(52)45-57(53,54)32-16-17-32)24-36(48)35-21-31-25-47(35)41(51)34(26-9-5-6-10-26)22-39(49)56-37-13-8-12-27(37)11-4-3-7-18-46-38(55-31)19-28-14-15-30(44)20-33(28)40(46)50/h2,14-15,19-20,26-27,29,31-32,34-35,37H,1,3-13,16-18,21-25H2,(H,45,52)/t27-,29+,31-,34+,35+,37-,43-/m1/s1. The van der Waals surface area contributed by atoms with E-state index in [2.05, 4.69) is 11.3 Å². The topological polar surface area (TPSA) is 158 Å². The van der Waals surface area contributed by atoms with Crippen LogP contribution < -0.4 is 15.0 Å². The van der Waals surface area contributed by atoms with Crippen molar-refractivity contribution >= 4 is 44.4 Å². The molecule has 1 N–H and O–H groups in total. The average molecular weight is 808 g/mol. The van der Waals surface area contributed by atoms with Crippen molar-refractivity contribution in [1.29, 1.82) is 0 Å². The van der Waals surface area contributed by atoms with Gasteiger partial charge < -0.3 is 14.4 Å². The summed E-state index contributed by atoms with van der Waals surface area (Å²) in [5.41, 5.74) is -1.71. The third-order valence-corrected chi connectivity index (χ3v) is 15.6. The van der Waals surface area contributed by atoms with Crippen LogP contribution in [0.15, 0.2) is 41.7 Å². The molecule has 1 aromatic carbocycles. The van der Waals surface area contributed by atoms with Crippen LogP contribution in [0.5, 0.6) is 5.88 Å². The molecule has 12 nitrogen and oxygen atoms in total. The van der Waals surface area contributed by atoms with Gasteiger partial charge >= 0.3 is 5.97 Å². The molecule has 308 valence electrons. The van der Waals surface area contributed by atoms with Crippen molar-refractivity contribution in [3.63, 3.8) is 0 Å². The molecular weight excluding hydrogens is 754 g/mol. The van der Waals surface area contributed by atoms with Gasteiger partial charge in [-0.05, 0) is 99.5 Å². The van der Waals surface area contributed by atoms with E-state index < -0.39 is 73.7 Å². The molecule has 6 aliphatic rings. The summed E-state index contributed by atoms with van der Waals surface area (Å²) in [5.74, 6) is -3.15. The van der Waals surface area contributed by atoms with E-state index in [-0.39, 0.29) is 67.3 Å². The van der Waals surface area contributed by atoms with Crippen LogP contribution in [0.3, 0.4) is 0 Å². The van der Waals surface area contributed by atoms with Crippen LogP contribution in [0.2, 0.25) is 0 Å². The minimum Gasteiger partial charge on any atom is -0.473 e. The van der Waals surface area contributed by atoms with E-state index in [1.54, 1.807) is 12.1 Å². The number of nitrogens with one attached hydrogen (secondary N) is 1. The van der Waals surface area contributed by atoms with Crippen LogP contribution in [0.1, 0.15) is 109 Å². The number of esters is 1. The summed E-state index contributed by atoms with van der Waals surface area (Å²) in [4.78, 5) is 72.4. The lowest BCUT2D eigenvalue weighted by atomic mass is 9.86. The van der Waals surface area contributed by atoms with E-state index in [1.807, 2.05) is 0 Å². The normalized spacial score (nSPS) is 31.4. The number of halogens is 1. The Kier molecular flexibility index (Phi) is 11.1. The number of allylic oxidation sites excluding steroid dienone is 1. The number of carbonyl (C=O) groups excluding carboxylic acids is 4. The molecule has 8 rings (SSSR count). The van der Waals surface area contributed by atoms with Gasteiger partial charge in [-0.1, -0.05) is 37.8 Å². The lowest BCUT2D eigenvalue weighted by Crippen LogP contribution is -2.47. The van der Waals surface area contributed by atoms with E-state index in [4.69, 9.17) is 9.47 Å². The fourth-order valence-corrected chi connectivity index (χ4v) is 11.7. The van der Waals surface area contributed by atoms with Gasteiger partial charge in [0.2, 0.25) is 21.8 Å². The first-order valence-electron chi connectivity index (χ1n) is 21.1. The molecule has 2 aliphatic heterocycles. The van der Waals surface area contributed by atoms with Gasteiger partial charge in [0, 0.05) is 25.5 Å². The number of hydrogen-bond acceptors (Lipinski definition) is 9. The van der Waals surface area contributed by atoms with Gasteiger partial charge in [0.25, 0.3) is 5.56 Å². The number of rotatable bonds is 8. The number of amides is 2. The molecule has 4 saturated carbocycles. The Morgan fingerprint density at radius 1 is 0.930 bits per heavy atom. The van der Waals surface area contributed by atoms with Crippen molar-refractivity contribution in [3.8, 4) is 5.88 Å². The first-order chi connectivity index (χ1) is 27.4. The zero-order chi connectivity index (χ0) is 40.1. The largest absolute Gasteiger partial charge is 0.473 e. The molecule has 0 unspecified atom stereocenters. The predicted molar refractivity (Wildman–Crippen MR) is 209 cm³/mol. The highest BCUT2D eigenvalue weighted by Crippen LogP contribution is 2.57. The Morgan fingerprint density at radius 2 is 1.67 bits per heavy atom. The van der Waals surface area contributed by atoms with Gasteiger partial charge in [-0.3, -0.25) is 33.3 Å².